The van der Waals surface area contributed by atoms with Crippen LogP contribution in [0.4, 0.5) is 5.69 Å². The van der Waals surface area contributed by atoms with Gasteiger partial charge in [-0.15, -0.1) is 11.3 Å². The van der Waals surface area contributed by atoms with Crippen LogP contribution in [-0.4, -0.2) is 21.1 Å². The molecule has 3 rings (SSSR count). The Hall–Kier alpha value is -2.45. The van der Waals surface area contributed by atoms with Crippen molar-refractivity contribution >= 4 is 44.1 Å². The van der Waals surface area contributed by atoms with Crippen LogP contribution in [0.5, 0.6) is 5.75 Å². The minimum atomic E-state index is -0.691. The highest BCUT2D eigenvalue weighted by molar-refractivity contribution is 8.15. The summed E-state index contributed by atoms with van der Waals surface area (Å²) >= 11 is 2.49. The second kappa shape index (κ2) is 6.98. The van der Waals surface area contributed by atoms with Gasteiger partial charge in [0.25, 0.3) is 5.69 Å². The van der Waals surface area contributed by atoms with E-state index in [0.717, 1.165) is 22.0 Å². The third kappa shape index (κ3) is 3.72. The zero-order valence-corrected chi connectivity index (χ0v) is 14.2. The van der Waals surface area contributed by atoms with E-state index in [1.54, 1.807) is 6.92 Å². The number of hydrogen-bond acceptors (Lipinski definition) is 7. The van der Waals surface area contributed by atoms with Crippen LogP contribution in [-0.2, 0) is 4.79 Å². The third-order valence-corrected chi connectivity index (χ3v) is 5.28. The summed E-state index contributed by atoms with van der Waals surface area (Å²) in [6.45, 7) is 1.64. The highest BCUT2D eigenvalue weighted by Crippen LogP contribution is 2.31. The average molecular weight is 360 g/mol. The standard InChI is InChI=1S/C16H12N2O4S2/c1-10(22-12-8-6-11(7-9-12)18(20)21)15(19)24-16-17-13-4-2-3-5-14(13)23-16/h2-10H,1H3. The number of nitro groups is 1. The molecule has 1 unspecified atom stereocenters. The van der Waals surface area contributed by atoms with Crippen molar-refractivity contribution < 1.29 is 14.5 Å². The van der Waals surface area contributed by atoms with E-state index in [1.807, 2.05) is 24.3 Å². The SMILES string of the molecule is CC(Oc1ccc([N+](=O)[O-])cc1)C(=O)Sc1nc2ccccc2s1. The maximum Gasteiger partial charge on any atom is 0.269 e. The maximum absolute atomic E-state index is 12.3. The van der Waals surface area contributed by atoms with Crippen LogP contribution >= 0.6 is 23.1 Å². The molecule has 0 aliphatic rings. The summed E-state index contributed by atoms with van der Waals surface area (Å²) in [6.07, 6.45) is -0.691. The van der Waals surface area contributed by atoms with Gasteiger partial charge in [0.05, 0.1) is 15.1 Å². The number of benzene rings is 2. The second-order valence-corrected chi connectivity index (χ2v) is 7.16. The third-order valence-electron chi connectivity index (χ3n) is 3.15. The first-order valence-corrected chi connectivity index (χ1v) is 8.64. The fourth-order valence-corrected chi connectivity index (χ4v) is 3.87. The quantitative estimate of drug-likeness (QED) is 0.383. The van der Waals surface area contributed by atoms with Gasteiger partial charge in [-0.1, -0.05) is 12.1 Å². The largest absolute Gasteiger partial charge is 0.482 e. The summed E-state index contributed by atoms with van der Waals surface area (Å²) in [7, 11) is 0. The Bertz CT molecular complexity index is 859. The molecule has 0 fully saturated rings. The van der Waals surface area contributed by atoms with Crippen molar-refractivity contribution in [2.75, 3.05) is 0 Å². The number of thioether (sulfide) groups is 1. The molecule has 3 aromatic rings. The first kappa shape index (κ1) is 16.4. The van der Waals surface area contributed by atoms with Gasteiger partial charge < -0.3 is 4.74 Å². The number of ether oxygens (including phenoxy) is 1. The Morgan fingerprint density at radius 2 is 1.96 bits per heavy atom. The lowest BCUT2D eigenvalue weighted by Gasteiger charge is -2.12. The van der Waals surface area contributed by atoms with E-state index in [-0.39, 0.29) is 10.8 Å². The molecule has 0 saturated heterocycles. The molecule has 0 aliphatic carbocycles. The molecular weight excluding hydrogens is 348 g/mol. The molecule has 0 N–H and O–H groups in total. The molecule has 0 spiro atoms. The number of para-hydroxylation sites is 1. The van der Waals surface area contributed by atoms with Gasteiger partial charge in [-0.05, 0) is 43.0 Å². The van der Waals surface area contributed by atoms with Crippen molar-refractivity contribution in [1.82, 2.24) is 4.98 Å². The number of hydrogen-bond donors (Lipinski definition) is 0. The number of carbonyl (C=O) groups excluding carboxylic acids is 1. The molecule has 1 atom stereocenters. The Labute approximate surface area is 145 Å². The van der Waals surface area contributed by atoms with E-state index in [1.165, 1.54) is 35.6 Å². The number of fused-ring (bicyclic) bond motifs is 1. The molecule has 0 amide bonds. The molecule has 0 saturated carbocycles. The van der Waals surface area contributed by atoms with E-state index in [0.29, 0.717) is 10.1 Å². The fraction of sp³-hybridized carbons (Fsp3) is 0.125. The highest BCUT2D eigenvalue weighted by Gasteiger charge is 2.19. The summed E-state index contributed by atoms with van der Waals surface area (Å²) in [5.74, 6) is 0.409. The second-order valence-electron chi connectivity index (χ2n) is 4.88. The van der Waals surface area contributed by atoms with Crippen LogP contribution < -0.4 is 4.74 Å². The Kier molecular flexibility index (Phi) is 4.77. The number of nitro benzene ring substituents is 1. The number of rotatable bonds is 5. The summed E-state index contributed by atoms with van der Waals surface area (Å²) in [5.41, 5.74) is 0.840. The first-order chi connectivity index (χ1) is 11.5. The predicted molar refractivity (Wildman–Crippen MR) is 93.7 cm³/mol. The number of non-ortho nitro benzene ring substituents is 1. The summed E-state index contributed by atoms with van der Waals surface area (Å²) < 4.78 is 7.23. The normalized spacial score (nSPS) is 12.0. The van der Waals surface area contributed by atoms with Crippen molar-refractivity contribution in [2.24, 2.45) is 0 Å². The monoisotopic (exact) mass is 360 g/mol. The van der Waals surface area contributed by atoms with Gasteiger partial charge in [-0.25, -0.2) is 4.98 Å². The van der Waals surface area contributed by atoms with E-state index in [4.69, 9.17) is 4.74 Å². The first-order valence-electron chi connectivity index (χ1n) is 7.01. The molecule has 0 bridgehead atoms. The minimum Gasteiger partial charge on any atom is -0.482 e. The van der Waals surface area contributed by atoms with Crippen LogP contribution in [0.1, 0.15) is 6.92 Å². The van der Waals surface area contributed by atoms with Gasteiger partial charge in [0.2, 0.25) is 5.12 Å². The smallest absolute Gasteiger partial charge is 0.269 e. The topological polar surface area (TPSA) is 82.3 Å². The van der Waals surface area contributed by atoms with Crippen LogP contribution in [0.25, 0.3) is 10.2 Å². The Balaban J connectivity index is 1.64. The lowest BCUT2D eigenvalue weighted by molar-refractivity contribution is -0.384. The summed E-state index contributed by atoms with van der Waals surface area (Å²) in [4.78, 5) is 26.8. The molecule has 0 radical (unpaired) electrons. The maximum atomic E-state index is 12.3. The lowest BCUT2D eigenvalue weighted by atomic mass is 10.3. The summed E-state index contributed by atoms with van der Waals surface area (Å²) in [5, 5.41) is 10.4. The number of thiazole rings is 1. The molecule has 2 aromatic carbocycles. The van der Waals surface area contributed by atoms with Crippen LogP contribution in [0.2, 0.25) is 0 Å². The van der Waals surface area contributed by atoms with Gasteiger partial charge in [0.15, 0.2) is 10.4 Å². The van der Waals surface area contributed by atoms with Crippen LogP contribution in [0, 0.1) is 10.1 Å². The number of aromatic nitrogens is 1. The molecule has 1 aromatic heterocycles. The average Bonchev–Trinajstić information content (AvgIpc) is 2.97. The highest BCUT2D eigenvalue weighted by atomic mass is 32.2. The van der Waals surface area contributed by atoms with E-state index in [9.17, 15) is 14.9 Å². The molecule has 122 valence electrons. The van der Waals surface area contributed by atoms with E-state index in [2.05, 4.69) is 4.98 Å². The molecular formula is C16H12N2O4S2. The van der Waals surface area contributed by atoms with Gasteiger partial charge in [0, 0.05) is 12.1 Å². The lowest BCUT2D eigenvalue weighted by Crippen LogP contribution is -2.20. The zero-order chi connectivity index (χ0) is 17.1. The molecule has 1 heterocycles. The minimum absolute atomic E-state index is 0.0230. The number of nitrogens with zero attached hydrogens (tertiary/aromatic N) is 2. The Morgan fingerprint density at radius 3 is 2.62 bits per heavy atom. The zero-order valence-electron chi connectivity index (χ0n) is 12.5. The van der Waals surface area contributed by atoms with E-state index < -0.39 is 11.0 Å². The van der Waals surface area contributed by atoms with Crippen molar-refractivity contribution in [3.05, 3.63) is 58.6 Å². The number of carbonyl (C=O) groups is 1. The fourth-order valence-electron chi connectivity index (χ4n) is 1.96. The van der Waals surface area contributed by atoms with Gasteiger partial charge >= 0.3 is 0 Å². The van der Waals surface area contributed by atoms with Crippen molar-refractivity contribution in [3.8, 4) is 5.75 Å². The predicted octanol–water partition coefficient (Wildman–Crippen LogP) is 4.29. The molecule has 0 aliphatic heterocycles. The van der Waals surface area contributed by atoms with Crippen molar-refractivity contribution in [3.63, 3.8) is 0 Å². The molecule has 8 heteroatoms. The summed E-state index contributed by atoms with van der Waals surface area (Å²) in [6, 6.07) is 13.3. The molecule has 6 nitrogen and oxygen atoms in total. The van der Waals surface area contributed by atoms with Crippen LogP contribution in [0.15, 0.2) is 52.9 Å². The molecule has 24 heavy (non-hydrogen) atoms. The van der Waals surface area contributed by atoms with Gasteiger partial charge in [0.1, 0.15) is 5.75 Å². The van der Waals surface area contributed by atoms with Gasteiger partial charge in [-0.2, -0.15) is 0 Å². The van der Waals surface area contributed by atoms with Crippen molar-refractivity contribution in [2.45, 2.75) is 17.4 Å². The van der Waals surface area contributed by atoms with Gasteiger partial charge in [-0.3, -0.25) is 14.9 Å². The van der Waals surface area contributed by atoms with E-state index >= 15 is 0 Å². The van der Waals surface area contributed by atoms with Crippen LogP contribution in [0.3, 0.4) is 0 Å². The van der Waals surface area contributed by atoms with Crippen molar-refractivity contribution in [1.29, 1.82) is 0 Å². The Morgan fingerprint density at radius 1 is 1.25 bits per heavy atom.